The number of nitrogens with zero attached hydrogens (tertiary/aromatic N) is 2. The summed E-state index contributed by atoms with van der Waals surface area (Å²) in [5.41, 5.74) is 1.31. The Morgan fingerprint density at radius 2 is 1.47 bits per heavy atom. The first kappa shape index (κ1) is 33.4. The van der Waals surface area contributed by atoms with Crippen molar-refractivity contribution in [2.45, 2.75) is 57.2 Å². The van der Waals surface area contributed by atoms with Gasteiger partial charge >= 0.3 is 0 Å². The van der Waals surface area contributed by atoms with Crippen LogP contribution in [0, 0.1) is 0 Å². The minimum Gasteiger partial charge on any atom is -0.352 e. The van der Waals surface area contributed by atoms with Gasteiger partial charge in [-0.1, -0.05) is 108 Å². The summed E-state index contributed by atoms with van der Waals surface area (Å²) in [5, 5.41) is 3.90. The summed E-state index contributed by atoms with van der Waals surface area (Å²) in [7, 11) is -4.01. The van der Waals surface area contributed by atoms with E-state index in [1.165, 1.54) is 17.0 Å². The first-order valence-corrected chi connectivity index (χ1v) is 17.3. The maximum atomic E-state index is 14.3. The van der Waals surface area contributed by atoms with E-state index in [2.05, 4.69) is 5.32 Å². The number of hydrogen-bond donors (Lipinski definition) is 1. The van der Waals surface area contributed by atoms with E-state index in [-0.39, 0.29) is 40.6 Å². The van der Waals surface area contributed by atoms with E-state index in [0.29, 0.717) is 15.6 Å². The van der Waals surface area contributed by atoms with Crippen LogP contribution in [-0.4, -0.2) is 50.0 Å². The lowest BCUT2D eigenvalue weighted by atomic mass is 9.94. The van der Waals surface area contributed by atoms with Crippen LogP contribution in [0.15, 0.2) is 66.7 Å². The zero-order chi connectivity index (χ0) is 31.1. The van der Waals surface area contributed by atoms with Gasteiger partial charge in [0, 0.05) is 34.6 Å². The van der Waals surface area contributed by atoms with Crippen LogP contribution in [0.25, 0.3) is 0 Å². The number of anilines is 1. The quantitative estimate of drug-likeness (QED) is 0.232. The average Bonchev–Trinajstić information content (AvgIpc) is 2.97. The van der Waals surface area contributed by atoms with Crippen LogP contribution in [0.2, 0.25) is 20.1 Å². The van der Waals surface area contributed by atoms with Gasteiger partial charge in [0.05, 0.1) is 22.0 Å². The molecule has 43 heavy (non-hydrogen) atoms. The molecule has 1 atom stereocenters. The SMILES string of the molecule is CS(=O)(=O)N(CC(=O)N(Cc1c(Cl)cccc1Cl)C(Cc1ccccc1)C(=O)NC1CCCCC1)c1cccc(Cl)c1Cl. The van der Waals surface area contributed by atoms with Crippen molar-refractivity contribution in [3.63, 3.8) is 0 Å². The van der Waals surface area contributed by atoms with Crippen molar-refractivity contribution < 1.29 is 18.0 Å². The molecule has 12 heteroatoms. The number of amides is 2. The molecule has 3 aromatic rings. The molecule has 4 rings (SSSR count). The van der Waals surface area contributed by atoms with E-state index < -0.39 is 28.5 Å². The zero-order valence-electron chi connectivity index (χ0n) is 23.6. The Hall–Kier alpha value is -2.49. The summed E-state index contributed by atoms with van der Waals surface area (Å²) >= 11 is 25.6. The highest BCUT2D eigenvalue weighted by Gasteiger charge is 2.35. The molecule has 1 fully saturated rings. The fourth-order valence-electron chi connectivity index (χ4n) is 5.23. The van der Waals surface area contributed by atoms with Gasteiger partial charge in [0.2, 0.25) is 21.8 Å². The molecule has 0 radical (unpaired) electrons. The molecule has 1 N–H and O–H groups in total. The van der Waals surface area contributed by atoms with Crippen molar-refractivity contribution in [2.24, 2.45) is 0 Å². The maximum Gasteiger partial charge on any atom is 0.244 e. The second kappa shape index (κ2) is 15.0. The average molecular weight is 686 g/mol. The molecule has 0 saturated heterocycles. The largest absolute Gasteiger partial charge is 0.352 e. The van der Waals surface area contributed by atoms with E-state index in [0.717, 1.165) is 48.2 Å². The minimum absolute atomic E-state index is 0.0148. The maximum absolute atomic E-state index is 14.3. The highest BCUT2D eigenvalue weighted by Crippen LogP contribution is 2.34. The number of rotatable bonds is 11. The molecule has 1 aliphatic rings. The van der Waals surface area contributed by atoms with Gasteiger partial charge in [0.25, 0.3) is 0 Å². The van der Waals surface area contributed by atoms with Crippen LogP contribution in [0.3, 0.4) is 0 Å². The van der Waals surface area contributed by atoms with Crippen LogP contribution < -0.4 is 9.62 Å². The number of hydrogen-bond acceptors (Lipinski definition) is 4. The topological polar surface area (TPSA) is 86.8 Å². The minimum atomic E-state index is -4.01. The first-order chi connectivity index (χ1) is 20.5. The Balaban J connectivity index is 1.78. The van der Waals surface area contributed by atoms with Crippen molar-refractivity contribution in [3.8, 4) is 0 Å². The van der Waals surface area contributed by atoms with Crippen LogP contribution in [-0.2, 0) is 32.6 Å². The Bertz CT molecular complexity index is 1530. The molecule has 2 amide bonds. The number of nitrogens with one attached hydrogen (secondary N) is 1. The zero-order valence-corrected chi connectivity index (χ0v) is 27.5. The molecule has 230 valence electrons. The van der Waals surface area contributed by atoms with Crippen molar-refractivity contribution in [1.82, 2.24) is 10.2 Å². The van der Waals surface area contributed by atoms with Crippen molar-refractivity contribution >= 4 is 73.9 Å². The van der Waals surface area contributed by atoms with Crippen LogP contribution in [0.4, 0.5) is 5.69 Å². The van der Waals surface area contributed by atoms with Gasteiger partial charge in [-0.3, -0.25) is 13.9 Å². The summed E-state index contributed by atoms with van der Waals surface area (Å²) in [6.45, 7) is -0.767. The second-order valence-electron chi connectivity index (χ2n) is 10.6. The molecule has 1 aliphatic carbocycles. The van der Waals surface area contributed by atoms with Gasteiger partial charge in [-0.15, -0.1) is 0 Å². The predicted molar refractivity (Wildman–Crippen MR) is 175 cm³/mol. The Morgan fingerprint density at radius 3 is 2.09 bits per heavy atom. The van der Waals surface area contributed by atoms with Gasteiger partial charge in [0.1, 0.15) is 12.6 Å². The summed E-state index contributed by atoms with van der Waals surface area (Å²) in [5.74, 6) is -0.976. The smallest absolute Gasteiger partial charge is 0.244 e. The molecule has 3 aromatic carbocycles. The number of sulfonamides is 1. The van der Waals surface area contributed by atoms with Gasteiger partial charge in [-0.25, -0.2) is 8.42 Å². The second-order valence-corrected chi connectivity index (χ2v) is 14.1. The lowest BCUT2D eigenvalue weighted by molar-refractivity contribution is -0.140. The third-order valence-corrected chi connectivity index (χ3v) is 10.1. The monoisotopic (exact) mass is 683 g/mol. The molecule has 0 aromatic heterocycles. The predicted octanol–water partition coefficient (Wildman–Crippen LogP) is 7.16. The highest BCUT2D eigenvalue weighted by molar-refractivity contribution is 7.92. The summed E-state index contributed by atoms with van der Waals surface area (Å²) < 4.78 is 26.9. The number of halogens is 4. The normalized spacial score (nSPS) is 14.6. The lowest BCUT2D eigenvalue weighted by Gasteiger charge is -2.35. The van der Waals surface area contributed by atoms with E-state index in [1.54, 1.807) is 24.3 Å². The summed E-state index contributed by atoms with van der Waals surface area (Å²) in [6.07, 6.45) is 6.00. The lowest BCUT2D eigenvalue weighted by Crippen LogP contribution is -2.55. The van der Waals surface area contributed by atoms with E-state index in [9.17, 15) is 18.0 Å². The van der Waals surface area contributed by atoms with Crippen LogP contribution in [0.5, 0.6) is 0 Å². The molecular formula is C31H33Cl4N3O4S. The molecule has 0 heterocycles. The molecular weight excluding hydrogens is 652 g/mol. The van der Waals surface area contributed by atoms with Crippen LogP contribution >= 0.6 is 46.4 Å². The number of benzene rings is 3. The third-order valence-electron chi connectivity index (χ3n) is 7.49. The van der Waals surface area contributed by atoms with Gasteiger partial charge < -0.3 is 10.2 Å². The highest BCUT2D eigenvalue weighted by atomic mass is 35.5. The Morgan fingerprint density at radius 1 is 0.860 bits per heavy atom. The Labute approximate surface area is 273 Å². The molecule has 7 nitrogen and oxygen atoms in total. The first-order valence-electron chi connectivity index (χ1n) is 13.9. The summed E-state index contributed by atoms with van der Waals surface area (Å²) in [4.78, 5) is 29.7. The van der Waals surface area contributed by atoms with E-state index in [1.807, 2.05) is 30.3 Å². The van der Waals surface area contributed by atoms with Gasteiger partial charge in [-0.05, 0) is 42.7 Å². The van der Waals surface area contributed by atoms with Crippen molar-refractivity contribution in [3.05, 3.63) is 97.9 Å². The molecule has 0 spiro atoms. The summed E-state index contributed by atoms with van der Waals surface area (Å²) in [6, 6.07) is 17.8. The third kappa shape index (κ3) is 8.79. The molecule has 1 saturated carbocycles. The van der Waals surface area contributed by atoms with Crippen molar-refractivity contribution in [2.75, 3.05) is 17.1 Å². The van der Waals surface area contributed by atoms with Crippen LogP contribution in [0.1, 0.15) is 43.2 Å². The number of carbonyl (C=O) groups is 2. The standard InChI is InChI=1S/C31H33Cl4N3O4S/c1-43(41,42)38(27-17-9-16-26(34)30(27)35)20-29(39)37(19-23-24(32)14-8-15-25(23)33)28(18-21-10-4-2-5-11-21)31(40)36-22-12-6-3-7-13-22/h2,4-5,8-11,14-17,22,28H,3,6-7,12-13,18-20H2,1H3,(H,36,40). The fraction of sp³-hybridized carbons (Fsp3) is 0.355. The van der Waals surface area contributed by atoms with Gasteiger partial charge in [-0.2, -0.15) is 0 Å². The molecule has 1 unspecified atom stereocenters. The molecule has 0 bridgehead atoms. The van der Waals surface area contributed by atoms with Gasteiger partial charge in [0.15, 0.2) is 0 Å². The number of carbonyl (C=O) groups excluding carboxylic acids is 2. The van der Waals surface area contributed by atoms with Crippen molar-refractivity contribution in [1.29, 1.82) is 0 Å². The molecule has 0 aliphatic heterocycles. The Kier molecular flexibility index (Phi) is 11.6. The fourth-order valence-corrected chi connectivity index (χ4v) is 7.05. The van der Waals surface area contributed by atoms with E-state index in [4.69, 9.17) is 46.4 Å². The van der Waals surface area contributed by atoms with E-state index >= 15 is 0 Å².